The molecule has 2 rings (SSSR count). The van der Waals surface area contributed by atoms with Crippen LogP contribution < -0.4 is 0 Å². The first kappa shape index (κ1) is 20.2. The van der Waals surface area contributed by atoms with Gasteiger partial charge in [0.2, 0.25) is 0 Å². The molecule has 0 aliphatic carbocycles. The maximum Gasteiger partial charge on any atom is 0.0253 e. The molecular weight excluding hydrogens is 411 g/mol. The number of rotatable bonds is 4. The molecule has 0 N–H and O–H groups in total. The Balaban J connectivity index is 0.000000745. The monoisotopic (exact) mass is 430 g/mol. The maximum atomic E-state index is 4.61. The lowest BCUT2D eigenvalue weighted by Crippen LogP contribution is -1.87. The van der Waals surface area contributed by atoms with E-state index in [1.807, 2.05) is 36.6 Å². The van der Waals surface area contributed by atoms with Crippen molar-refractivity contribution in [3.63, 3.8) is 0 Å². The number of aryl methyl sites for hydroxylation is 1. The van der Waals surface area contributed by atoms with Gasteiger partial charge in [-0.3, -0.25) is 0 Å². The van der Waals surface area contributed by atoms with E-state index >= 15 is 0 Å². The lowest BCUT2D eigenvalue weighted by molar-refractivity contribution is 1.17. The van der Waals surface area contributed by atoms with Gasteiger partial charge in [0.15, 0.2) is 0 Å². The Morgan fingerprint density at radius 2 is 1.41 bits per heavy atom. The predicted molar refractivity (Wildman–Crippen MR) is 118 cm³/mol. The standard InChI is InChI=1S/C16H15BrS2.CH5PS/c17-11-10-12-6-8-14(9-7-12)16(19)15(18)13-4-2-1-3-5-13;1-3-2/h1-9,18-19H,10-11H2;2H2,1H3/b16-15-;. The molecule has 0 bridgehead atoms. The molecule has 0 saturated heterocycles. The smallest absolute Gasteiger partial charge is 0.0253 e. The van der Waals surface area contributed by atoms with Gasteiger partial charge in [0, 0.05) is 15.1 Å². The number of hydrogen-bond donors (Lipinski definition) is 2. The minimum absolute atomic E-state index is 0.900. The van der Waals surface area contributed by atoms with E-state index in [9.17, 15) is 0 Å². The van der Waals surface area contributed by atoms with Gasteiger partial charge in [-0.25, -0.2) is 0 Å². The van der Waals surface area contributed by atoms with Gasteiger partial charge in [0.1, 0.15) is 0 Å². The number of hydrogen-bond acceptors (Lipinski definition) is 3. The summed E-state index contributed by atoms with van der Waals surface area (Å²) in [5.74, 6) is 0. The Morgan fingerprint density at radius 3 is 1.86 bits per heavy atom. The van der Waals surface area contributed by atoms with E-state index in [-0.39, 0.29) is 0 Å². The molecule has 0 nitrogen and oxygen atoms in total. The van der Waals surface area contributed by atoms with Gasteiger partial charge in [0.25, 0.3) is 0 Å². The minimum atomic E-state index is 0.900. The van der Waals surface area contributed by atoms with Crippen molar-refractivity contribution < 1.29 is 0 Å². The molecule has 0 aromatic heterocycles. The highest BCUT2D eigenvalue weighted by Crippen LogP contribution is 2.31. The Bertz CT molecular complexity index is 583. The van der Waals surface area contributed by atoms with Crippen LogP contribution in [0.25, 0.3) is 9.81 Å². The van der Waals surface area contributed by atoms with Crippen molar-refractivity contribution in [2.24, 2.45) is 0 Å². The lowest BCUT2D eigenvalue weighted by atomic mass is 10.1. The van der Waals surface area contributed by atoms with E-state index in [2.05, 4.69) is 73.9 Å². The average molecular weight is 431 g/mol. The molecule has 2 aromatic carbocycles. The van der Waals surface area contributed by atoms with Crippen molar-refractivity contribution in [2.75, 3.05) is 11.6 Å². The van der Waals surface area contributed by atoms with E-state index in [4.69, 9.17) is 0 Å². The summed E-state index contributed by atoms with van der Waals surface area (Å²) in [5.41, 5.74) is 3.50. The molecule has 0 aliphatic rings. The molecular formula is C17H20BrPS3. The second kappa shape index (κ2) is 11.6. The number of halogens is 1. The summed E-state index contributed by atoms with van der Waals surface area (Å²) in [6.45, 7) is 0. The van der Waals surface area contributed by atoms with Crippen molar-refractivity contribution in [2.45, 2.75) is 6.42 Å². The zero-order chi connectivity index (χ0) is 16.4. The molecule has 1 unspecified atom stereocenters. The van der Waals surface area contributed by atoms with Gasteiger partial charge in [-0.05, 0) is 29.4 Å². The van der Waals surface area contributed by atoms with E-state index in [0.717, 1.165) is 32.7 Å². The molecule has 22 heavy (non-hydrogen) atoms. The second-order valence-electron chi connectivity index (χ2n) is 4.43. The summed E-state index contributed by atoms with van der Waals surface area (Å²) in [4.78, 5) is 1.80. The third-order valence-corrected chi connectivity index (χ3v) is 4.42. The quantitative estimate of drug-likeness (QED) is 0.243. The van der Waals surface area contributed by atoms with Crippen LogP contribution in [-0.4, -0.2) is 11.6 Å². The van der Waals surface area contributed by atoms with Gasteiger partial charge in [0.05, 0.1) is 0 Å². The third kappa shape index (κ3) is 6.72. The normalized spacial score (nSPS) is 11.3. The van der Waals surface area contributed by atoms with Crippen molar-refractivity contribution in [1.29, 1.82) is 0 Å². The molecule has 0 heterocycles. The summed E-state index contributed by atoms with van der Waals surface area (Å²) < 4.78 is 0. The highest BCUT2D eigenvalue weighted by atomic mass is 79.9. The van der Waals surface area contributed by atoms with Crippen molar-refractivity contribution in [3.8, 4) is 0 Å². The van der Waals surface area contributed by atoms with Crippen molar-refractivity contribution in [3.05, 3.63) is 71.3 Å². The Hall–Kier alpha value is 0.140. The van der Waals surface area contributed by atoms with Crippen molar-refractivity contribution in [1.82, 2.24) is 0 Å². The van der Waals surface area contributed by atoms with Gasteiger partial charge < -0.3 is 0 Å². The van der Waals surface area contributed by atoms with E-state index < -0.39 is 0 Å². The first-order valence-electron chi connectivity index (χ1n) is 6.69. The van der Waals surface area contributed by atoms with E-state index in [1.165, 1.54) is 5.56 Å². The van der Waals surface area contributed by atoms with Crippen molar-refractivity contribution >= 4 is 70.8 Å². The fraction of sp³-hybridized carbons (Fsp3) is 0.176. The molecule has 118 valence electrons. The zero-order valence-electron chi connectivity index (χ0n) is 12.4. The highest BCUT2D eigenvalue weighted by molar-refractivity contribution is 9.09. The fourth-order valence-corrected chi connectivity index (χ4v) is 2.82. The summed E-state index contributed by atoms with van der Waals surface area (Å²) in [6, 6.07) is 18.6. The molecule has 0 fully saturated rings. The molecule has 0 amide bonds. The first-order chi connectivity index (χ1) is 10.6. The number of thiol groups is 2. The predicted octanol–water partition coefficient (Wildman–Crippen LogP) is 6.45. The van der Waals surface area contributed by atoms with Crippen LogP contribution in [-0.2, 0) is 6.42 Å². The van der Waals surface area contributed by atoms with Crippen LogP contribution in [0.15, 0.2) is 54.6 Å². The first-order valence-corrected chi connectivity index (χ1v) is 11.4. The number of alkyl halides is 1. The maximum absolute atomic E-state index is 4.61. The van der Waals surface area contributed by atoms with Crippen LogP contribution in [0.5, 0.6) is 0 Å². The van der Waals surface area contributed by atoms with Gasteiger partial charge in [-0.15, -0.1) is 36.6 Å². The highest BCUT2D eigenvalue weighted by Gasteiger charge is 2.05. The van der Waals surface area contributed by atoms with Crippen LogP contribution in [0.4, 0.5) is 0 Å². The summed E-state index contributed by atoms with van der Waals surface area (Å²) in [7, 11) is 2.50. The summed E-state index contributed by atoms with van der Waals surface area (Å²) >= 11 is 14.3. The molecule has 1 atom stereocenters. The van der Waals surface area contributed by atoms with Crippen LogP contribution in [0, 0.1) is 0 Å². The van der Waals surface area contributed by atoms with Gasteiger partial charge >= 0.3 is 0 Å². The minimum Gasteiger partial charge on any atom is -0.144 e. The fourth-order valence-electron chi connectivity index (χ4n) is 1.81. The molecule has 0 saturated carbocycles. The summed E-state index contributed by atoms with van der Waals surface area (Å²) in [5, 5.41) is 0.984. The largest absolute Gasteiger partial charge is 0.144 e. The third-order valence-electron chi connectivity index (χ3n) is 2.88. The van der Waals surface area contributed by atoms with E-state index in [0.29, 0.717) is 0 Å². The van der Waals surface area contributed by atoms with Gasteiger partial charge in [-0.1, -0.05) is 79.0 Å². The van der Waals surface area contributed by atoms with Crippen LogP contribution in [0.2, 0.25) is 0 Å². The van der Waals surface area contributed by atoms with Crippen LogP contribution >= 0.6 is 61.0 Å². The molecule has 0 radical (unpaired) electrons. The van der Waals surface area contributed by atoms with Crippen LogP contribution in [0.1, 0.15) is 16.7 Å². The Kier molecular flexibility index (Phi) is 10.7. The van der Waals surface area contributed by atoms with Crippen LogP contribution in [0.3, 0.4) is 0 Å². The average Bonchev–Trinajstić information content (AvgIpc) is 2.56. The zero-order valence-corrected chi connectivity index (χ0v) is 17.7. The molecule has 2 aromatic rings. The summed E-state index contributed by atoms with van der Waals surface area (Å²) in [6.07, 6.45) is 3.04. The molecule has 0 aliphatic heterocycles. The Morgan fingerprint density at radius 1 is 0.955 bits per heavy atom. The Labute approximate surface area is 159 Å². The number of benzene rings is 2. The molecule has 0 spiro atoms. The topological polar surface area (TPSA) is 0 Å². The SMILES string of the molecule is CSP.S/C(=C(\S)c1ccc(CCBr)cc1)c1ccccc1. The molecule has 5 heteroatoms. The lowest BCUT2D eigenvalue weighted by Gasteiger charge is -2.08. The second-order valence-corrected chi connectivity index (χ2v) is 8.01. The van der Waals surface area contributed by atoms with Gasteiger partial charge in [-0.2, -0.15) is 0 Å². The van der Waals surface area contributed by atoms with E-state index in [1.54, 1.807) is 11.4 Å².